The summed E-state index contributed by atoms with van der Waals surface area (Å²) < 4.78 is 81.9. The fraction of sp³-hybridized carbons (Fsp3) is 0.200. The Labute approximate surface area is 122 Å². The highest BCUT2D eigenvalue weighted by atomic mass is 19.4. The molecule has 0 spiro atoms. The molecule has 0 atom stereocenters. The maximum Gasteiger partial charge on any atom is 0.411 e. The van der Waals surface area contributed by atoms with E-state index in [1.165, 1.54) is 12.1 Å². The zero-order valence-electron chi connectivity index (χ0n) is 11.0. The van der Waals surface area contributed by atoms with E-state index in [9.17, 15) is 26.3 Å². The summed E-state index contributed by atoms with van der Waals surface area (Å²) in [6, 6.07) is 9.34. The minimum Gasteiger partial charge on any atom is -0.398 e. The average molecular weight is 319 g/mol. The van der Waals surface area contributed by atoms with Gasteiger partial charge in [-0.05, 0) is 11.6 Å². The Morgan fingerprint density at radius 2 is 1.09 bits per heavy atom. The maximum atomic E-state index is 13.6. The van der Waals surface area contributed by atoms with Crippen LogP contribution in [0.4, 0.5) is 32.0 Å². The summed E-state index contributed by atoms with van der Waals surface area (Å²) in [6.45, 7) is 0. The zero-order valence-corrected chi connectivity index (χ0v) is 11.0. The third-order valence-corrected chi connectivity index (χ3v) is 3.42. The van der Waals surface area contributed by atoms with E-state index >= 15 is 0 Å². The van der Waals surface area contributed by atoms with Gasteiger partial charge in [-0.1, -0.05) is 48.5 Å². The molecule has 2 rings (SSSR count). The molecule has 0 fully saturated rings. The van der Waals surface area contributed by atoms with Gasteiger partial charge in [-0.25, -0.2) is 0 Å². The topological polar surface area (TPSA) is 26.0 Å². The molecule has 0 aromatic heterocycles. The first-order chi connectivity index (χ1) is 10.1. The van der Waals surface area contributed by atoms with Crippen molar-refractivity contribution in [2.24, 2.45) is 0 Å². The predicted octanol–water partition coefficient (Wildman–Crippen LogP) is 4.68. The molecule has 2 aromatic rings. The van der Waals surface area contributed by atoms with Crippen LogP contribution in [0.25, 0.3) is 0 Å². The lowest BCUT2D eigenvalue weighted by Gasteiger charge is -2.38. The number of rotatable bonds is 2. The number of hydrogen-bond donors (Lipinski definition) is 1. The van der Waals surface area contributed by atoms with Gasteiger partial charge in [0.25, 0.3) is 0 Å². The van der Waals surface area contributed by atoms with E-state index in [4.69, 9.17) is 5.73 Å². The molecular weight excluding hydrogens is 308 g/mol. The second kappa shape index (κ2) is 5.23. The first-order valence-corrected chi connectivity index (χ1v) is 6.16. The van der Waals surface area contributed by atoms with Gasteiger partial charge in [0, 0.05) is 11.3 Å². The first kappa shape index (κ1) is 16.2. The van der Waals surface area contributed by atoms with E-state index < -0.39 is 34.6 Å². The highest BCUT2D eigenvalue weighted by Gasteiger charge is 2.73. The summed E-state index contributed by atoms with van der Waals surface area (Å²) in [5, 5.41) is 0. The smallest absolute Gasteiger partial charge is 0.398 e. The van der Waals surface area contributed by atoms with Crippen molar-refractivity contribution in [1.82, 2.24) is 0 Å². The second-order valence-corrected chi connectivity index (χ2v) is 4.70. The molecule has 22 heavy (non-hydrogen) atoms. The Morgan fingerprint density at radius 3 is 1.55 bits per heavy atom. The average Bonchev–Trinajstić information content (AvgIpc) is 2.40. The molecular formula is C15H11F6N. The van der Waals surface area contributed by atoms with E-state index in [-0.39, 0.29) is 0 Å². The van der Waals surface area contributed by atoms with Gasteiger partial charge in [-0.3, -0.25) is 0 Å². The van der Waals surface area contributed by atoms with Crippen LogP contribution in [0, 0.1) is 0 Å². The summed E-state index contributed by atoms with van der Waals surface area (Å²) in [7, 11) is 0. The van der Waals surface area contributed by atoms with Crippen LogP contribution < -0.4 is 5.73 Å². The van der Waals surface area contributed by atoms with Crippen LogP contribution >= 0.6 is 0 Å². The van der Waals surface area contributed by atoms with E-state index in [0.29, 0.717) is 0 Å². The molecule has 7 heteroatoms. The Bertz CT molecular complexity index is 631. The second-order valence-electron chi connectivity index (χ2n) is 4.70. The van der Waals surface area contributed by atoms with Gasteiger partial charge in [-0.2, -0.15) is 26.3 Å². The molecule has 2 N–H and O–H groups in total. The number of para-hydroxylation sites is 1. The largest absolute Gasteiger partial charge is 0.411 e. The van der Waals surface area contributed by atoms with Gasteiger partial charge in [0.2, 0.25) is 5.41 Å². The molecule has 0 amide bonds. The summed E-state index contributed by atoms with van der Waals surface area (Å²) in [5.74, 6) is 0. The normalized spacial score (nSPS) is 13.2. The van der Waals surface area contributed by atoms with Crippen LogP contribution in [0.15, 0.2) is 54.6 Å². The molecule has 0 unspecified atom stereocenters. The molecule has 0 saturated carbocycles. The first-order valence-electron chi connectivity index (χ1n) is 6.16. The van der Waals surface area contributed by atoms with Crippen LogP contribution in [0.2, 0.25) is 0 Å². The third kappa shape index (κ3) is 2.30. The number of anilines is 1. The lowest BCUT2D eigenvalue weighted by atomic mass is 9.72. The number of nitrogen functional groups attached to an aromatic ring is 1. The molecule has 0 bridgehead atoms. The molecule has 0 aliphatic carbocycles. The van der Waals surface area contributed by atoms with Crippen molar-refractivity contribution < 1.29 is 26.3 Å². The predicted molar refractivity (Wildman–Crippen MR) is 70.2 cm³/mol. The lowest BCUT2D eigenvalue weighted by Crippen LogP contribution is -2.55. The van der Waals surface area contributed by atoms with Crippen LogP contribution in [-0.4, -0.2) is 12.4 Å². The summed E-state index contributed by atoms with van der Waals surface area (Å²) >= 11 is 0. The molecule has 0 heterocycles. The molecule has 0 radical (unpaired) electrons. The van der Waals surface area contributed by atoms with Crippen molar-refractivity contribution in [2.75, 3.05) is 5.73 Å². The standard InChI is InChI=1S/C15H11F6N/c16-14(17,18)13(15(19,20)21,10-6-2-1-3-7-10)11-8-4-5-9-12(11)22/h1-9H,22H2. The minimum absolute atomic E-state index is 0.569. The highest BCUT2D eigenvalue weighted by molar-refractivity contribution is 5.57. The highest BCUT2D eigenvalue weighted by Crippen LogP contribution is 2.57. The van der Waals surface area contributed by atoms with Gasteiger partial charge < -0.3 is 5.73 Å². The van der Waals surface area contributed by atoms with Crippen LogP contribution in [0.5, 0.6) is 0 Å². The van der Waals surface area contributed by atoms with Gasteiger partial charge in [0.05, 0.1) is 0 Å². The number of halogens is 6. The lowest BCUT2D eigenvalue weighted by molar-refractivity contribution is -0.288. The van der Waals surface area contributed by atoms with Crippen molar-refractivity contribution in [2.45, 2.75) is 17.8 Å². The molecule has 2 aromatic carbocycles. The van der Waals surface area contributed by atoms with Crippen molar-refractivity contribution in [3.8, 4) is 0 Å². The maximum absolute atomic E-state index is 13.6. The number of benzene rings is 2. The van der Waals surface area contributed by atoms with E-state index in [1.807, 2.05) is 0 Å². The van der Waals surface area contributed by atoms with Crippen molar-refractivity contribution >= 4 is 5.69 Å². The van der Waals surface area contributed by atoms with Gasteiger partial charge >= 0.3 is 12.4 Å². The molecule has 1 nitrogen and oxygen atoms in total. The van der Waals surface area contributed by atoms with Gasteiger partial charge in [0.15, 0.2) is 0 Å². The zero-order chi connectivity index (χ0) is 16.6. The van der Waals surface area contributed by atoms with Crippen LogP contribution in [0.1, 0.15) is 11.1 Å². The SMILES string of the molecule is Nc1ccccc1C(c1ccccc1)(C(F)(F)F)C(F)(F)F. The van der Waals surface area contributed by atoms with Crippen LogP contribution in [0.3, 0.4) is 0 Å². The minimum atomic E-state index is -5.61. The van der Waals surface area contributed by atoms with Gasteiger partial charge in [-0.15, -0.1) is 0 Å². The monoisotopic (exact) mass is 319 g/mol. The Kier molecular flexibility index (Phi) is 3.85. The van der Waals surface area contributed by atoms with Crippen molar-refractivity contribution in [3.63, 3.8) is 0 Å². The molecule has 0 aliphatic rings. The fourth-order valence-corrected chi connectivity index (χ4v) is 2.48. The summed E-state index contributed by atoms with van der Waals surface area (Å²) in [5.41, 5.74) is -1.26. The molecule has 0 saturated heterocycles. The van der Waals surface area contributed by atoms with E-state index in [0.717, 1.165) is 42.5 Å². The quantitative estimate of drug-likeness (QED) is 0.631. The third-order valence-electron chi connectivity index (χ3n) is 3.42. The Hall–Kier alpha value is -2.18. The molecule has 118 valence electrons. The van der Waals surface area contributed by atoms with E-state index in [2.05, 4.69) is 0 Å². The van der Waals surface area contributed by atoms with Crippen LogP contribution in [-0.2, 0) is 5.41 Å². The number of alkyl halides is 6. The molecule has 0 aliphatic heterocycles. The van der Waals surface area contributed by atoms with Crippen molar-refractivity contribution in [3.05, 3.63) is 65.7 Å². The fourth-order valence-electron chi connectivity index (χ4n) is 2.48. The Morgan fingerprint density at radius 1 is 0.636 bits per heavy atom. The van der Waals surface area contributed by atoms with Gasteiger partial charge in [0.1, 0.15) is 0 Å². The van der Waals surface area contributed by atoms with Crippen molar-refractivity contribution in [1.29, 1.82) is 0 Å². The Balaban J connectivity index is 2.94. The summed E-state index contributed by atoms with van der Waals surface area (Å²) in [4.78, 5) is 0. The number of nitrogens with two attached hydrogens (primary N) is 1. The van der Waals surface area contributed by atoms with E-state index in [1.54, 1.807) is 0 Å². The summed E-state index contributed by atoms with van der Waals surface area (Å²) in [6.07, 6.45) is -11.2. The number of hydrogen-bond acceptors (Lipinski definition) is 1.